The molecular weight excluding hydrogens is 300 g/mol. The second-order valence-electron chi connectivity index (χ2n) is 9.84. The summed E-state index contributed by atoms with van der Waals surface area (Å²) in [7, 11) is 0. The lowest BCUT2D eigenvalue weighted by molar-refractivity contribution is -0.173. The van der Waals surface area contributed by atoms with E-state index in [1.807, 2.05) is 0 Å². The molecule has 4 rings (SSSR count). The first-order valence-corrected chi connectivity index (χ1v) is 9.97. The number of Topliss-reactive ketones (excluding diaryl/α,β-unsaturated/α-hetero) is 2. The normalized spacial score (nSPS) is 53.9. The fraction of sp³-hybridized carbons (Fsp3) is 0.905. The summed E-state index contributed by atoms with van der Waals surface area (Å²) in [5.41, 5.74) is 0.103. The van der Waals surface area contributed by atoms with Gasteiger partial charge in [0.2, 0.25) is 0 Å². The number of hydrogen-bond donors (Lipinski definition) is 1. The number of ketones is 2. The van der Waals surface area contributed by atoms with Crippen molar-refractivity contribution in [1.29, 1.82) is 0 Å². The highest BCUT2D eigenvalue weighted by atomic mass is 16.3. The zero-order valence-corrected chi connectivity index (χ0v) is 15.4. The van der Waals surface area contributed by atoms with E-state index in [2.05, 4.69) is 13.8 Å². The van der Waals surface area contributed by atoms with Crippen LogP contribution in [0.3, 0.4) is 0 Å². The minimum absolute atomic E-state index is 0.0138. The molecular formula is C21H32O3. The van der Waals surface area contributed by atoms with Crippen molar-refractivity contribution in [2.75, 3.05) is 0 Å². The lowest BCUT2D eigenvalue weighted by Gasteiger charge is -2.61. The summed E-state index contributed by atoms with van der Waals surface area (Å²) in [6, 6.07) is 0. The van der Waals surface area contributed by atoms with Gasteiger partial charge in [0, 0.05) is 18.8 Å². The molecule has 4 fully saturated rings. The Hall–Kier alpha value is -0.700. The van der Waals surface area contributed by atoms with Crippen LogP contribution in [0.5, 0.6) is 0 Å². The Balaban J connectivity index is 1.68. The summed E-state index contributed by atoms with van der Waals surface area (Å²) in [6.07, 6.45) is 7.27. The minimum Gasteiger partial charge on any atom is -0.393 e. The van der Waals surface area contributed by atoms with Crippen LogP contribution in [0.2, 0.25) is 0 Å². The van der Waals surface area contributed by atoms with Crippen LogP contribution in [0.4, 0.5) is 0 Å². The Morgan fingerprint density at radius 1 is 1.12 bits per heavy atom. The molecule has 0 radical (unpaired) electrons. The standard InChI is InChI=1S/C21H32O3/c1-12(22)16-6-7-17-15-5-4-13-10-14(23)8-9-20(13,2)19(15)18(24)11-21(16,17)3/h13,15-19,24H,4-11H2,1-3H3/t13-,15+,16-,17?,18?,19?,20+,21-/m1/s1. The van der Waals surface area contributed by atoms with Crippen molar-refractivity contribution in [2.24, 2.45) is 40.4 Å². The van der Waals surface area contributed by atoms with E-state index in [0.29, 0.717) is 41.7 Å². The summed E-state index contributed by atoms with van der Waals surface area (Å²) in [5.74, 6) is 2.78. The molecule has 8 atom stereocenters. The van der Waals surface area contributed by atoms with Gasteiger partial charge < -0.3 is 5.11 Å². The highest BCUT2D eigenvalue weighted by Crippen LogP contribution is 2.67. The number of rotatable bonds is 1. The highest BCUT2D eigenvalue weighted by molar-refractivity contribution is 5.80. The lowest BCUT2D eigenvalue weighted by atomic mass is 9.44. The van der Waals surface area contributed by atoms with Crippen LogP contribution in [-0.4, -0.2) is 22.8 Å². The van der Waals surface area contributed by atoms with Gasteiger partial charge in [0.1, 0.15) is 11.6 Å². The van der Waals surface area contributed by atoms with E-state index in [0.717, 1.165) is 44.9 Å². The van der Waals surface area contributed by atoms with Gasteiger partial charge >= 0.3 is 0 Å². The van der Waals surface area contributed by atoms with Crippen molar-refractivity contribution in [3.8, 4) is 0 Å². The van der Waals surface area contributed by atoms with E-state index in [1.54, 1.807) is 6.92 Å². The maximum Gasteiger partial charge on any atom is 0.133 e. The predicted octanol–water partition coefficient (Wildman–Crippen LogP) is 3.77. The summed E-state index contributed by atoms with van der Waals surface area (Å²) in [6.45, 7) is 6.36. The lowest BCUT2D eigenvalue weighted by Crippen LogP contribution is -2.59. The number of hydrogen-bond acceptors (Lipinski definition) is 3. The first kappa shape index (κ1) is 16.8. The average molecular weight is 332 g/mol. The smallest absolute Gasteiger partial charge is 0.133 e. The van der Waals surface area contributed by atoms with Gasteiger partial charge in [-0.15, -0.1) is 0 Å². The average Bonchev–Trinajstić information content (AvgIpc) is 2.84. The predicted molar refractivity (Wildman–Crippen MR) is 92.3 cm³/mol. The molecule has 0 aliphatic heterocycles. The van der Waals surface area contributed by atoms with E-state index in [4.69, 9.17) is 0 Å². The SMILES string of the molecule is CC(=O)[C@H]1CCC2[C@@H]3CC[C@@H]4CC(=O)CC[C@]4(C)C3C(O)C[C@@]21C. The van der Waals surface area contributed by atoms with Crippen LogP contribution in [-0.2, 0) is 9.59 Å². The molecule has 0 aromatic rings. The Kier molecular flexibility index (Phi) is 3.77. The number of carbonyl (C=O) groups excluding carboxylic acids is 2. The zero-order chi connectivity index (χ0) is 17.3. The minimum atomic E-state index is -0.308. The molecule has 4 aliphatic carbocycles. The van der Waals surface area contributed by atoms with Crippen molar-refractivity contribution in [1.82, 2.24) is 0 Å². The van der Waals surface area contributed by atoms with Crippen LogP contribution < -0.4 is 0 Å². The largest absolute Gasteiger partial charge is 0.393 e. The van der Waals surface area contributed by atoms with Crippen molar-refractivity contribution in [2.45, 2.75) is 78.2 Å². The molecule has 24 heavy (non-hydrogen) atoms. The molecule has 3 unspecified atom stereocenters. The summed E-state index contributed by atoms with van der Waals surface area (Å²) < 4.78 is 0. The van der Waals surface area contributed by atoms with Gasteiger partial charge in [-0.2, -0.15) is 0 Å². The Labute approximate surface area is 145 Å². The van der Waals surface area contributed by atoms with E-state index in [1.165, 1.54) is 0 Å². The molecule has 1 N–H and O–H groups in total. The number of fused-ring (bicyclic) bond motifs is 5. The molecule has 3 nitrogen and oxygen atoms in total. The van der Waals surface area contributed by atoms with Gasteiger partial charge in [0.15, 0.2) is 0 Å². The van der Waals surface area contributed by atoms with Gasteiger partial charge in [0.05, 0.1) is 6.10 Å². The molecule has 0 spiro atoms. The number of aliphatic hydroxyl groups excluding tert-OH is 1. The number of carbonyl (C=O) groups is 2. The monoisotopic (exact) mass is 332 g/mol. The van der Waals surface area contributed by atoms with Gasteiger partial charge in [-0.3, -0.25) is 9.59 Å². The van der Waals surface area contributed by atoms with E-state index in [9.17, 15) is 14.7 Å². The zero-order valence-electron chi connectivity index (χ0n) is 15.4. The van der Waals surface area contributed by atoms with Gasteiger partial charge in [-0.25, -0.2) is 0 Å². The van der Waals surface area contributed by atoms with Crippen molar-refractivity contribution < 1.29 is 14.7 Å². The van der Waals surface area contributed by atoms with Crippen LogP contribution in [0, 0.1) is 40.4 Å². The highest BCUT2D eigenvalue weighted by Gasteiger charge is 2.63. The molecule has 4 saturated carbocycles. The first-order chi connectivity index (χ1) is 11.3. The maximum atomic E-state index is 12.2. The van der Waals surface area contributed by atoms with Crippen LogP contribution in [0.1, 0.15) is 72.1 Å². The Bertz CT molecular complexity index is 569. The van der Waals surface area contributed by atoms with Crippen LogP contribution in [0.25, 0.3) is 0 Å². The second-order valence-corrected chi connectivity index (χ2v) is 9.84. The van der Waals surface area contributed by atoms with Crippen molar-refractivity contribution in [3.05, 3.63) is 0 Å². The fourth-order valence-electron chi connectivity index (χ4n) is 7.84. The molecule has 0 saturated heterocycles. The molecule has 4 aliphatic rings. The quantitative estimate of drug-likeness (QED) is 0.795. The molecule has 0 heterocycles. The third-order valence-corrected chi connectivity index (χ3v) is 8.90. The molecule has 3 heteroatoms. The van der Waals surface area contributed by atoms with Crippen molar-refractivity contribution in [3.63, 3.8) is 0 Å². The Morgan fingerprint density at radius 3 is 2.58 bits per heavy atom. The second kappa shape index (κ2) is 5.40. The molecule has 0 bridgehead atoms. The first-order valence-electron chi connectivity index (χ1n) is 9.97. The van der Waals surface area contributed by atoms with E-state index >= 15 is 0 Å². The van der Waals surface area contributed by atoms with E-state index in [-0.39, 0.29) is 22.9 Å². The van der Waals surface area contributed by atoms with Gasteiger partial charge in [-0.05, 0) is 80.0 Å². The molecule has 0 aromatic carbocycles. The third-order valence-electron chi connectivity index (χ3n) is 8.90. The Morgan fingerprint density at radius 2 is 1.88 bits per heavy atom. The summed E-state index contributed by atoms with van der Waals surface area (Å²) in [5, 5.41) is 11.2. The number of aliphatic hydroxyl groups is 1. The fourth-order valence-corrected chi connectivity index (χ4v) is 7.84. The van der Waals surface area contributed by atoms with Gasteiger partial charge in [-0.1, -0.05) is 13.8 Å². The maximum absolute atomic E-state index is 12.2. The van der Waals surface area contributed by atoms with Gasteiger partial charge in [0.25, 0.3) is 0 Å². The molecule has 134 valence electrons. The van der Waals surface area contributed by atoms with Crippen LogP contribution >= 0.6 is 0 Å². The summed E-state index contributed by atoms with van der Waals surface area (Å²) >= 11 is 0. The molecule has 0 amide bonds. The van der Waals surface area contributed by atoms with Crippen LogP contribution in [0.15, 0.2) is 0 Å². The summed E-state index contributed by atoms with van der Waals surface area (Å²) in [4.78, 5) is 24.1. The molecule has 0 aromatic heterocycles. The third kappa shape index (κ3) is 2.12. The van der Waals surface area contributed by atoms with E-state index < -0.39 is 0 Å². The topological polar surface area (TPSA) is 54.4 Å². The van der Waals surface area contributed by atoms with Crippen molar-refractivity contribution >= 4 is 11.6 Å².